The molecule has 1 N–H and O–H groups in total. The van der Waals surface area contributed by atoms with Crippen molar-refractivity contribution >= 4 is 39.8 Å². The number of sulfone groups is 1. The van der Waals surface area contributed by atoms with Crippen molar-refractivity contribution in [1.82, 2.24) is 10.2 Å². The predicted molar refractivity (Wildman–Crippen MR) is 106 cm³/mol. The zero-order valence-corrected chi connectivity index (χ0v) is 17.4. The monoisotopic (exact) mass is 469 g/mol. The van der Waals surface area contributed by atoms with Crippen molar-refractivity contribution in [2.45, 2.75) is 25.0 Å². The Bertz CT molecular complexity index is 675. The van der Waals surface area contributed by atoms with Crippen molar-refractivity contribution in [3.63, 3.8) is 0 Å². The van der Waals surface area contributed by atoms with E-state index in [1.54, 1.807) is 33.0 Å². The van der Waals surface area contributed by atoms with E-state index < -0.39 is 14.6 Å². The fourth-order valence-electron chi connectivity index (χ4n) is 2.63. The van der Waals surface area contributed by atoms with Crippen molar-refractivity contribution in [3.05, 3.63) is 35.6 Å². The molecule has 5 nitrogen and oxygen atoms in total. The number of nitrogens with one attached hydrogen (secondary N) is 1. The SMILES string of the molecule is CN=C(NCCc1ccc(F)cc1)N1CCS(=O)(=O)C(C)(C)C1.I. The Morgan fingerprint density at radius 2 is 1.96 bits per heavy atom. The molecule has 1 aromatic rings. The van der Waals surface area contributed by atoms with Crippen LogP contribution in [-0.4, -0.2) is 56.5 Å². The summed E-state index contributed by atoms with van der Waals surface area (Å²) in [5.41, 5.74) is 1.04. The van der Waals surface area contributed by atoms with Gasteiger partial charge in [-0.05, 0) is 38.0 Å². The van der Waals surface area contributed by atoms with Gasteiger partial charge in [0.05, 0.1) is 10.5 Å². The lowest BCUT2D eigenvalue weighted by Crippen LogP contribution is -2.57. The summed E-state index contributed by atoms with van der Waals surface area (Å²) < 4.78 is 36.2. The van der Waals surface area contributed by atoms with Gasteiger partial charge in [-0.3, -0.25) is 4.99 Å². The number of nitrogens with zero attached hydrogens (tertiary/aromatic N) is 2. The molecule has 2 rings (SSSR count). The van der Waals surface area contributed by atoms with Gasteiger partial charge in [0.15, 0.2) is 15.8 Å². The summed E-state index contributed by atoms with van der Waals surface area (Å²) in [6, 6.07) is 6.41. The lowest BCUT2D eigenvalue weighted by molar-refractivity contribution is 0.353. The summed E-state index contributed by atoms with van der Waals surface area (Å²) in [7, 11) is -1.37. The minimum atomic E-state index is -3.06. The third kappa shape index (κ3) is 5.05. The molecule has 0 aliphatic carbocycles. The molecule has 1 aliphatic heterocycles. The van der Waals surface area contributed by atoms with Crippen LogP contribution in [0.15, 0.2) is 29.3 Å². The summed E-state index contributed by atoms with van der Waals surface area (Å²) in [5, 5.41) is 3.25. The van der Waals surface area contributed by atoms with Gasteiger partial charge < -0.3 is 10.2 Å². The largest absolute Gasteiger partial charge is 0.356 e. The fourth-order valence-corrected chi connectivity index (χ4v) is 3.99. The number of rotatable bonds is 3. The first-order chi connectivity index (χ1) is 10.7. The molecule has 0 saturated carbocycles. The molecule has 0 spiro atoms. The number of guanidine groups is 1. The van der Waals surface area contributed by atoms with Crippen molar-refractivity contribution in [3.8, 4) is 0 Å². The van der Waals surface area contributed by atoms with Gasteiger partial charge in [-0.25, -0.2) is 12.8 Å². The maximum absolute atomic E-state index is 12.9. The van der Waals surface area contributed by atoms with Crippen LogP contribution in [-0.2, 0) is 16.3 Å². The minimum absolute atomic E-state index is 0. The van der Waals surface area contributed by atoms with Crippen LogP contribution in [0.1, 0.15) is 19.4 Å². The zero-order chi connectivity index (χ0) is 17.1. The molecule has 0 radical (unpaired) electrons. The lowest BCUT2D eigenvalue weighted by atomic mass is 10.1. The molecule has 1 saturated heterocycles. The topological polar surface area (TPSA) is 61.8 Å². The Balaban J connectivity index is 0.00000288. The number of hydrogen-bond donors (Lipinski definition) is 1. The van der Waals surface area contributed by atoms with Crippen LogP contribution in [0.5, 0.6) is 0 Å². The van der Waals surface area contributed by atoms with Crippen LogP contribution in [0.3, 0.4) is 0 Å². The van der Waals surface area contributed by atoms with Gasteiger partial charge in [-0.2, -0.15) is 0 Å². The van der Waals surface area contributed by atoms with Crippen molar-refractivity contribution in [2.24, 2.45) is 4.99 Å². The van der Waals surface area contributed by atoms with Gasteiger partial charge >= 0.3 is 0 Å². The quantitative estimate of drug-likeness (QED) is 0.419. The molecule has 0 aromatic heterocycles. The second kappa shape index (κ2) is 8.46. The first-order valence-corrected chi connectivity index (χ1v) is 9.33. The number of aliphatic imine (C=N–C) groups is 1. The van der Waals surface area contributed by atoms with Crippen LogP contribution >= 0.6 is 24.0 Å². The smallest absolute Gasteiger partial charge is 0.193 e. The van der Waals surface area contributed by atoms with E-state index in [9.17, 15) is 12.8 Å². The van der Waals surface area contributed by atoms with Crippen LogP contribution in [0.2, 0.25) is 0 Å². The van der Waals surface area contributed by atoms with Gasteiger partial charge in [0, 0.05) is 26.7 Å². The highest BCUT2D eigenvalue weighted by atomic mass is 127. The molecule has 0 unspecified atom stereocenters. The molecule has 1 fully saturated rings. The Morgan fingerprint density at radius 3 is 2.50 bits per heavy atom. The molecule has 0 amide bonds. The minimum Gasteiger partial charge on any atom is -0.356 e. The highest BCUT2D eigenvalue weighted by molar-refractivity contribution is 14.0. The maximum Gasteiger partial charge on any atom is 0.193 e. The third-order valence-electron chi connectivity index (χ3n) is 4.16. The molecule has 24 heavy (non-hydrogen) atoms. The van der Waals surface area contributed by atoms with Crippen LogP contribution in [0.4, 0.5) is 4.39 Å². The molecule has 1 aliphatic rings. The molecule has 8 heteroatoms. The van der Waals surface area contributed by atoms with Crippen LogP contribution in [0.25, 0.3) is 0 Å². The maximum atomic E-state index is 12.9. The third-order valence-corrected chi connectivity index (χ3v) is 6.70. The van der Waals surface area contributed by atoms with E-state index in [1.807, 2.05) is 4.90 Å². The van der Waals surface area contributed by atoms with E-state index in [4.69, 9.17) is 0 Å². The van der Waals surface area contributed by atoms with Crippen LogP contribution < -0.4 is 5.32 Å². The van der Waals surface area contributed by atoms with E-state index in [-0.39, 0.29) is 35.5 Å². The highest BCUT2D eigenvalue weighted by Gasteiger charge is 2.40. The molecule has 1 aromatic carbocycles. The standard InChI is InChI=1S/C16H24FN3O2S.HI/c1-16(2)12-20(10-11-23(16,21)22)15(18-3)19-9-8-13-4-6-14(17)7-5-13;/h4-7H,8-12H2,1-3H3,(H,18,19);1H. The van der Waals surface area contributed by atoms with Crippen LogP contribution in [0, 0.1) is 5.82 Å². The second-order valence-electron chi connectivity index (χ2n) is 6.35. The van der Waals surface area contributed by atoms with E-state index in [0.717, 1.165) is 12.0 Å². The molecule has 0 bridgehead atoms. The highest BCUT2D eigenvalue weighted by Crippen LogP contribution is 2.23. The summed E-state index contributed by atoms with van der Waals surface area (Å²) in [4.78, 5) is 6.22. The van der Waals surface area contributed by atoms with Crippen molar-refractivity contribution in [1.29, 1.82) is 0 Å². The summed E-state index contributed by atoms with van der Waals surface area (Å²) in [5.74, 6) is 0.600. The van der Waals surface area contributed by atoms with E-state index in [2.05, 4.69) is 10.3 Å². The Morgan fingerprint density at radius 1 is 1.33 bits per heavy atom. The normalized spacial score (nSPS) is 19.5. The Hall–Kier alpha value is -0.900. The predicted octanol–water partition coefficient (Wildman–Crippen LogP) is 2.07. The molecule has 0 atom stereocenters. The lowest BCUT2D eigenvalue weighted by Gasteiger charge is -2.39. The fraction of sp³-hybridized carbons (Fsp3) is 0.562. The van der Waals surface area contributed by atoms with Gasteiger partial charge in [0.25, 0.3) is 0 Å². The molecule has 1 heterocycles. The molecule has 136 valence electrons. The van der Waals surface area contributed by atoms with Crippen molar-refractivity contribution in [2.75, 3.05) is 32.4 Å². The average Bonchev–Trinajstić information content (AvgIpc) is 2.49. The van der Waals surface area contributed by atoms with E-state index >= 15 is 0 Å². The van der Waals surface area contributed by atoms with E-state index in [0.29, 0.717) is 25.6 Å². The summed E-state index contributed by atoms with van der Waals surface area (Å²) >= 11 is 0. The molecular weight excluding hydrogens is 444 g/mol. The summed E-state index contributed by atoms with van der Waals surface area (Å²) in [6.45, 7) is 5.02. The van der Waals surface area contributed by atoms with Gasteiger partial charge in [0.2, 0.25) is 0 Å². The molecular formula is C16H25FIN3O2S. The van der Waals surface area contributed by atoms with Gasteiger partial charge in [0.1, 0.15) is 5.82 Å². The Labute approximate surface area is 160 Å². The Kier molecular flexibility index (Phi) is 7.45. The van der Waals surface area contributed by atoms with Gasteiger partial charge in [-0.15, -0.1) is 24.0 Å². The number of halogens is 2. The van der Waals surface area contributed by atoms with Crippen molar-refractivity contribution < 1.29 is 12.8 Å². The second-order valence-corrected chi connectivity index (χ2v) is 9.09. The van der Waals surface area contributed by atoms with E-state index in [1.165, 1.54) is 12.1 Å². The first-order valence-electron chi connectivity index (χ1n) is 7.67. The number of benzene rings is 1. The van der Waals surface area contributed by atoms with Gasteiger partial charge in [-0.1, -0.05) is 12.1 Å². The average molecular weight is 469 g/mol. The number of hydrogen-bond acceptors (Lipinski definition) is 3. The first kappa shape index (κ1) is 21.1. The summed E-state index contributed by atoms with van der Waals surface area (Å²) in [6.07, 6.45) is 0.745. The zero-order valence-electron chi connectivity index (χ0n) is 14.3.